The smallest absolute Gasteiger partial charge is 0.377 e. The van der Waals surface area contributed by atoms with Gasteiger partial charge in [0.2, 0.25) is 5.76 Å². The number of aromatic nitrogens is 1. The van der Waals surface area contributed by atoms with E-state index in [0.29, 0.717) is 29.3 Å². The molecule has 186 valence electrons. The summed E-state index contributed by atoms with van der Waals surface area (Å²) in [6.45, 7) is 4.40. The average Bonchev–Trinajstić information content (AvgIpc) is 3.28. The molecule has 3 rings (SSSR count). The van der Waals surface area contributed by atoms with E-state index in [1.807, 2.05) is 47.4 Å². The van der Waals surface area contributed by atoms with Crippen LogP contribution in [-0.4, -0.2) is 56.0 Å². The molecule has 3 aromatic rings. The van der Waals surface area contributed by atoms with Crippen molar-refractivity contribution in [2.45, 2.75) is 26.9 Å². The van der Waals surface area contributed by atoms with E-state index in [9.17, 15) is 9.59 Å². The Kier molecular flexibility index (Phi) is 9.25. The monoisotopic (exact) mass is 482 g/mol. The SMILES string of the molecule is CCOC(=O)CN(Cc1ccc(OC)cc1OC)Cc1c(-c2ccccc2)noc1C(=O)OCC. The Hall–Kier alpha value is -3.85. The first-order valence-corrected chi connectivity index (χ1v) is 11.3. The molecule has 1 aromatic heterocycles. The summed E-state index contributed by atoms with van der Waals surface area (Å²) in [6.07, 6.45) is 0. The molecule has 0 bridgehead atoms. The normalized spacial score (nSPS) is 10.8. The molecule has 0 radical (unpaired) electrons. The summed E-state index contributed by atoms with van der Waals surface area (Å²) in [5.74, 6) is 0.252. The molecular weight excluding hydrogens is 452 g/mol. The van der Waals surface area contributed by atoms with Gasteiger partial charge in [-0.3, -0.25) is 9.69 Å². The molecule has 9 nitrogen and oxygen atoms in total. The van der Waals surface area contributed by atoms with Crippen LogP contribution in [0.3, 0.4) is 0 Å². The molecule has 0 spiro atoms. The fraction of sp³-hybridized carbons (Fsp3) is 0.346. The number of benzene rings is 2. The molecule has 0 aliphatic rings. The van der Waals surface area contributed by atoms with Crippen LogP contribution in [0.4, 0.5) is 0 Å². The Morgan fingerprint density at radius 1 is 0.943 bits per heavy atom. The first-order chi connectivity index (χ1) is 17.0. The molecule has 0 N–H and O–H groups in total. The largest absolute Gasteiger partial charge is 0.497 e. The number of esters is 2. The molecule has 0 saturated carbocycles. The number of methoxy groups -OCH3 is 2. The third kappa shape index (κ3) is 6.60. The fourth-order valence-electron chi connectivity index (χ4n) is 3.64. The number of hydrogen-bond acceptors (Lipinski definition) is 9. The highest BCUT2D eigenvalue weighted by molar-refractivity contribution is 5.90. The van der Waals surface area contributed by atoms with Gasteiger partial charge >= 0.3 is 11.9 Å². The minimum atomic E-state index is -0.615. The van der Waals surface area contributed by atoms with Gasteiger partial charge in [0.05, 0.1) is 34.0 Å². The summed E-state index contributed by atoms with van der Waals surface area (Å²) in [5, 5.41) is 4.16. The molecule has 0 fully saturated rings. The van der Waals surface area contributed by atoms with Gasteiger partial charge in [0, 0.05) is 35.8 Å². The van der Waals surface area contributed by atoms with E-state index in [1.165, 1.54) is 0 Å². The summed E-state index contributed by atoms with van der Waals surface area (Å²) >= 11 is 0. The van der Waals surface area contributed by atoms with Gasteiger partial charge < -0.3 is 23.5 Å². The molecule has 1 heterocycles. The molecule has 9 heteroatoms. The number of ether oxygens (including phenoxy) is 4. The fourth-order valence-corrected chi connectivity index (χ4v) is 3.64. The van der Waals surface area contributed by atoms with Crippen molar-refractivity contribution in [1.82, 2.24) is 10.1 Å². The molecule has 2 aromatic carbocycles. The summed E-state index contributed by atoms with van der Waals surface area (Å²) in [5.41, 5.74) is 2.63. The molecule has 0 aliphatic carbocycles. The molecule has 0 aliphatic heterocycles. The standard InChI is InChI=1S/C26H30N2O7/c1-5-33-23(29)17-28(15-19-12-13-20(31-3)14-22(19)32-4)16-21-24(18-10-8-7-9-11-18)27-35-25(21)26(30)34-6-2/h7-14H,5-6,15-17H2,1-4H3. The maximum Gasteiger partial charge on any atom is 0.377 e. The van der Waals surface area contributed by atoms with Crippen molar-refractivity contribution in [3.63, 3.8) is 0 Å². The average molecular weight is 483 g/mol. The van der Waals surface area contributed by atoms with Crippen LogP contribution in [0.5, 0.6) is 11.5 Å². The minimum absolute atomic E-state index is 0.00116. The highest BCUT2D eigenvalue weighted by Gasteiger charge is 2.27. The first kappa shape index (κ1) is 25.8. The predicted octanol–water partition coefficient (Wildman–Crippen LogP) is 4.10. The second-order valence-electron chi connectivity index (χ2n) is 7.55. The van der Waals surface area contributed by atoms with Crippen molar-refractivity contribution in [3.8, 4) is 22.8 Å². The Morgan fingerprint density at radius 2 is 1.69 bits per heavy atom. The molecule has 0 atom stereocenters. The van der Waals surface area contributed by atoms with Crippen LogP contribution in [-0.2, 0) is 27.4 Å². The Morgan fingerprint density at radius 3 is 2.34 bits per heavy atom. The van der Waals surface area contributed by atoms with Crippen molar-refractivity contribution in [2.75, 3.05) is 34.0 Å². The van der Waals surface area contributed by atoms with Gasteiger partial charge in [-0.1, -0.05) is 41.6 Å². The second kappa shape index (κ2) is 12.6. The lowest BCUT2D eigenvalue weighted by atomic mass is 10.0. The van der Waals surface area contributed by atoms with Crippen LogP contribution < -0.4 is 9.47 Å². The van der Waals surface area contributed by atoms with E-state index in [0.717, 1.165) is 11.1 Å². The molecule has 0 amide bonds. The zero-order valence-electron chi connectivity index (χ0n) is 20.4. The zero-order chi connectivity index (χ0) is 25.2. The van der Waals surface area contributed by atoms with Crippen molar-refractivity contribution >= 4 is 11.9 Å². The predicted molar refractivity (Wildman–Crippen MR) is 128 cm³/mol. The van der Waals surface area contributed by atoms with Crippen LogP contribution in [0.25, 0.3) is 11.3 Å². The van der Waals surface area contributed by atoms with E-state index in [-0.39, 0.29) is 32.1 Å². The van der Waals surface area contributed by atoms with E-state index < -0.39 is 11.9 Å². The molecule has 35 heavy (non-hydrogen) atoms. The Balaban J connectivity index is 2.01. The maximum atomic E-state index is 12.6. The van der Waals surface area contributed by atoms with Crippen molar-refractivity contribution < 1.29 is 33.1 Å². The summed E-state index contributed by atoms with van der Waals surface area (Å²) in [6, 6.07) is 14.8. The summed E-state index contributed by atoms with van der Waals surface area (Å²) in [7, 11) is 3.15. The van der Waals surface area contributed by atoms with Crippen molar-refractivity contribution in [2.24, 2.45) is 0 Å². The van der Waals surface area contributed by atoms with E-state index in [2.05, 4.69) is 5.16 Å². The van der Waals surface area contributed by atoms with Crippen molar-refractivity contribution in [3.05, 3.63) is 65.4 Å². The van der Waals surface area contributed by atoms with E-state index in [4.69, 9.17) is 23.5 Å². The Labute approximate surface area is 204 Å². The second-order valence-corrected chi connectivity index (χ2v) is 7.55. The highest BCUT2D eigenvalue weighted by Crippen LogP contribution is 2.30. The quantitative estimate of drug-likeness (QED) is 0.353. The lowest BCUT2D eigenvalue weighted by molar-refractivity contribution is -0.144. The van der Waals surface area contributed by atoms with Crippen LogP contribution in [0.15, 0.2) is 53.1 Å². The highest BCUT2D eigenvalue weighted by atomic mass is 16.6. The van der Waals surface area contributed by atoms with E-state index in [1.54, 1.807) is 34.1 Å². The van der Waals surface area contributed by atoms with Crippen LogP contribution in [0, 0.1) is 0 Å². The van der Waals surface area contributed by atoms with Crippen LogP contribution >= 0.6 is 0 Å². The first-order valence-electron chi connectivity index (χ1n) is 11.3. The molecule has 0 saturated heterocycles. The third-order valence-electron chi connectivity index (χ3n) is 5.22. The van der Waals surface area contributed by atoms with Gasteiger partial charge in [-0.05, 0) is 19.9 Å². The zero-order valence-corrected chi connectivity index (χ0v) is 20.4. The van der Waals surface area contributed by atoms with Gasteiger partial charge in [-0.15, -0.1) is 0 Å². The summed E-state index contributed by atoms with van der Waals surface area (Å²) < 4.78 is 26.6. The van der Waals surface area contributed by atoms with Crippen molar-refractivity contribution in [1.29, 1.82) is 0 Å². The number of carbonyl (C=O) groups excluding carboxylic acids is 2. The summed E-state index contributed by atoms with van der Waals surface area (Å²) in [4.78, 5) is 26.9. The number of hydrogen-bond donors (Lipinski definition) is 0. The van der Waals surface area contributed by atoms with Gasteiger partial charge in [-0.2, -0.15) is 0 Å². The lowest BCUT2D eigenvalue weighted by Crippen LogP contribution is -2.31. The lowest BCUT2D eigenvalue weighted by Gasteiger charge is -2.23. The topological polar surface area (TPSA) is 100 Å². The Bertz CT molecular complexity index is 1130. The van der Waals surface area contributed by atoms with Gasteiger partial charge in [0.25, 0.3) is 0 Å². The minimum Gasteiger partial charge on any atom is -0.497 e. The van der Waals surface area contributed by atoms with Gasteiger partial charge in [-0.25, -0.2) is 4.79 Å². The van der Waals surface area contributed by atoms with Gasteiger partial charge in [0.1, 0.15) is 17.2 Å². The maximum absolute atomic E-state index is 12.6. The number of nitrogens with zero attached hydrogens (tertiary/aromatic N) is 2. The number of rotatable bonds is 12. The van der Waals surface area contributed by atoms with Crippen LogP contribution in [0.2, 0.25) is 0 Å². The van der Waals surface area contributed by atoms with E-state index >= 15 is 0 Å². The van der Waals surface area contributed by atoms with Gasteiger partial charge in [0.15, 0.2) is 0 Å². The molecule has 0 unspecified atom stereocenters. The van der Waals surface area contributed by atoms with Crippen LogP contribution in [0.1, 0.15) is 35.5 Å². The number of carbonyl (C=O) groups is 2. The molecular formula is C26H30N2O7. The third-order valence-corrected chi connectivity index (χ3v) is 5.22.